The number of rotatable bonds is 3. The lowest BCUT2D eigenvalue weighted by molar-refractivity contribution is -0.0136. The molecule has 0 N–H and O–H groups in total. The quantitative estimate of drug-likeness (QED) is 0.864. The van der Waals surface area contributed by atoms with Crippen molar-refractivity contribution >= 4 is 22.7 Å². The average Bonchev–Trinajstić information content (AvgIpc) is 3.02. The van der Waals surface area contributed by atoms with Crippen molar-refractivity contribution in [1.29, 1.82) is 0 Å². The number of morpholine rings is 1. The van der Waals surface area contributed by atoms with Crippen molar-refractivity contribution in [2.75, 3.05) is 19.8 Å². The van der Waals surface area contributed by atoms with Gasteiger partial charge in [-0.1, -0.05) is 6.07 Å². The predicted octanol–water partition coefficient (Wildman–Crippen LogP) is 3.09. The minimum atomic E-state index is 0.311. The first-order valence-electron chi connectivity index (χ1n) is 6.09. The molecule has 2 aromatic rings. The van der Waals surface area contributed by atoms with Crippen LogP contribution in [0.4, 0.5) is 0 Å². The van der Waals surface area contributed by atoms with Gasteiger partial charge in [0.2, 0.25) is 0 Å². The number of aromatic nitrogens is 1. The van der Waals surface area contributed by atoms with E-state index >= 15 is 0 Å². The largest absolute Gasteiger partial charge is 0.378 e. The Morgan fingerprint density at radius 3 is 3.17 bits per heavy atom. The fourth-order valence-electron chi connectivity index (χ4n) is 2.24. The maximum absolute atomic E-state index is 5.62. The molecule has 1 aliphatic rings. The maximum Gasteiger partial charge on any atom is 0.0898 e. The number of hydrogen-bond donors (Lipinski definition) is 0. The van der Waals surface area contributed by atoms with Gasteiger partial charge in [-0.15, -0.1) is 22.7 Å². The van der Waals surface area contributed by atoms with Crippen LogP contribution in [0.5, 0.6) is 0 Å². The third-order valence-electron chi connectivity index (χ3n) is 3.16. The molecule has 0 unspecified atom stereocenters. The zero-order chi connectivity index (χ0) is 12.4. The maximum atomic E-state index is 5.62. The molecule has 3 nitrogen and oxygen atoms in total. The van der Waals surface area contributed by atoms with Crippen molar-refractivity contribution in [2.45, 2.75) is 19.5 Å². The molecule has 0 radical (unpaired) electrons. The lowest BCUT2D eigenvalue weighted by atomic mass is 10.1. The Morgan fingerprint density at radius 1 is 1.50 bits per heavy atom. The van der Waals surface area contributed by atoms with Gasteiger partial charge < -0.3 is 4.74 Å². The zero-order valence-electron chi connectivity index (χ0n) is 10.3. The normalized spacial score (nSPS) is 21.3. The summed E-state index contributed by atoms with van der Waals surface area (Å²) < 4.78 is 5.62. The van der Waals surface area contributed by atoms with Crippen molar-refractivity contribution in [3.05, 3.63) is 38.5 Å². The van der Waals surface area contributed by atoms with Crippen LogP contribution in [0.1, 0.15) is 21.6 Å². The fraction of sp³-hybridized carbons (Fsp3) is 0.462. The van der Waals surface area contributed by atoms with E-state index in [2.05, 4.69) is 39.7 Å². The molecule has 96 valence electrons. The molecule has 0 amide bonds. The van der Waals surface area contributed by atoms with E-state index in [1.54, 1.807) is 11.3 Å². The summed E-state index contributed by atoms with van der Waals surface area (Å²) in [6.07, 6.45) is 0. The zero-order valence-corrected chi connectivity index (χ0v) is 12.0. The monoisotopic (exact) mass is 280 g/mol. The highest BCUT2D eigenvalue weighted by Crippen LogP contribution is 2.27. The Hall–Kier alpha value is -0.750. The summed E-state index contributed by atoms with van der Waals surface area (Å²) in [6, 6.07) is 4.62. The standard InChI is InChI=1S/C13H16N2OS2/c1-10-14-12(9-18-10)13-8-16-5-4-15(13)7-11-3-2-6-17-11/h2-3,6,9,13H,4-5,7-8H2,1H3/t13-/m0/s1. The van der Waals surface area contributed by atoms with Gasteiger partial charge in [0.25, 0.3) is 0 Å². The van der Waals surface area contributed by atoms with Crippen molar-refractivity contribution in [2.24, 2.45) is 0 Å². The van der Waals surface area contributed by atoms with Gasteiger partial charge in [-0.05, 0) is 18.4 Å². The Balaban J connectivity index is 1.77. The molecule has 2 aromatic heterocycles. The number of thiazole rings is 1. The Bertz CT molecular complexity index is 495. The van der Waals surface area contributed by atoms with E-state index in [-0.39, 0.29) is 0 Å². The molecule has 0 aliphatic carbocycles. The van der Waals surface area contributed by atoms with Crippen LogP contribution in [0, 0.1) is 6.92 Å². The Labute approximate surface area is 115 Å². The molecule has 0 saturated carbocycles. The van der Waals surface area contributed by atoms with Crippen LogP contribution in [0.3, 0.4) is 0 Å². The highest BCUT2D eigenvalue weighted by Gasteiger charge is 2.26. The van der Waals surface area contributed by atoms with Gasteiger partial charge in [0.05, 0.1) is 30.0 Å². The smallest absolute Gasteiger partial charge is 0.0898 e. The van der Waals surface area contributed by atoms with Gasteiger partial charge in [0.1, 0.15) is 0 Å². The molecule has 3 heterocycles. The molecule has 1 atom stereocenters. The first-order valence-corrected chi connectivity index (χ1v) is 7.85. The summed E-state index contributed by atoms with van der Waals surface area (Å²) in [5.41, 5.74) is 1.16. The molecule has 1 saturated heterocycles. The second-order valence-corrected chi connectivity index (χ2v) is 6.53. The molecule has 1 fully saturated rings. The highest BCUT2D eigenvalue weighted by atomic mass is 32.1. The molecule has 5 heteroatoms. The van der Waals surface area contributed by atoms with E-state index in [1.807, 2.05) is 11.3 Å². The van der Waals surface area contributed by atoms with E-state index in [0.717, 1.165) is 37.0 Å². The van der Waals surface area contributed by atoms with Crippen molar-refractivity contribution in [3.63, 3.8) is 0 Å². The molecule has 1 aliphatic heterocycles. The second-order valence-electron chi connectivity index (χ2n) is 4.43. The van der Waals surface area contributed by atoms with E-state index in [0.29, 0.717) is 6.04 Å². The number of thiophene rings is 1. The minimum absolute atomic E-state index is 0.311. The first kappa shape index (κ1) is 12.3. The average molecular weight is 280 g/mol. The fourth-order valence-corrected chi connectivity index (χ4v) is 3.62. The lowest BCUT2D eigenvalue weighted by Gasteiger charge is -2.34. The SMILES string of the molecule is Cc1nc([C@@H]2COCCN2Cc2cccs2)cs1. The van der Waals surface area contributed by atoms with Crippen molar-refractivity contribution in [3.8, 4) is 0 Å². The highest BCUT2D eigenvalue weighted by molar-refractivity contribution is 7.10. The minimum Gasteiger partial charge on any atom is -0.378 e. The van der Waals surface area contributed by atoms with Gasteiger partial charge >= 0.3 is 0 Å². The summed E-state index contributed by atoms with van der Waals surface area (Å²) in [4.78, 5) is 8.50. The van der Waals surface area contributed by atoms with Gasteiger partial charge in [-0.25, -0.2) is 4.98 Å². The molecule has 0 bridgehead atoms. The van der Waals surface area contributed by atoms with E-state index in [4.69, 9.17) is 4.74 Å². The molecule has 0 spiro atoms. The van der Waals surface area contributed by atoms with Crippen LogP contribution in [-0.4, -0.2) is 29.6 Å². The van der Waals surface area contributed by atoms with Crippen LogP contribution in [-0.2, 0) is 11.3 Å². The number of nitrogens with zero attached hydrogens (tertiary/aromatic N) is 2. The van der Waals surface area contributed by atoms with Crippen LogP contribution in [0.15, 0.2) is 22.9 Å². The van der Waals surface area contributed by atoms with E-state index in [1.165, 1.54) is 4.88 Å². The van der Waals surface area contributed by atoms with E-state index in [9.17, 15) is 0 Å². The topological polar surface area (TPSA) is 25.4 Å². The van der Waals surface area contributed by atoms with Gasteiger partial charge in [0.15, 0.2) is 0 Å². The van der Waals surface area contributed by atoms with Gasteiger partial charge in [0, 0.05) is 23.3 Å². The van der Waals surface area contributed by atoms with Gasteiger partial charge in [-0.3, -0.25) is 4.90 Å². The van der Waals surface area contributed by atoms with Gasteiger partial charge in [-0.2, -0.15) is 0 Å². The number of hydrogen-bond acceptors (Lipinski definition) is 5. The summed E-state index contributed by atoms with van der Waals surface area (Å²) in [7, 11) is 0. The van der Waals surface area contributed by atoms with Crippen LogP contribution in [0.25, 0.3) is 0 Å². The summed E-state index contributed by atoms with van der Waals surface area (Å²) in [5.74, 6) is 0. The summed E-state index contributed by atoms with van der Waals surface area (Å²) in [6.45, 7) is 5.63. The van der Waals surface area contributed by atoms with Crippen LogP contribution >= 0.6 is 22.7 Å². The van der Waals surface area contributed by atoms with Crippen LogP contribution in [0.2, 0.25) is 0 Å². The van der Waals surface area contributed by atoms with E-state index < -0.39 is 0 Å². The molecule has 0 aromatic carbocycles. The third kappa shape index (κ3) is 2.64. The van der Waals surface area contributed by atoms with Crippen LogP contribution < -0.4 is 0 Å². The second kappa shape index (κ2) is 5.48. The predicted molar refractivity (Wildman–Crippen MR) is 75.1 cm³/mol. The molecular formula is C13H16N2OS2. The first-order chi connectivity index (χ1) is 8.83. The molecular weight excluding hydrogens is 264 g/mol. The lowest BCUT2D eigenvalue weighted by Crippen LogP contribution is -2.39. The molecule has 3 rings (SSSR count). The number of aryl methyl sites for hydroxylation is 1. The third-order valence-corrected chi connectivity index (χ3v) is 4.81. The summed E-state index contributed by atoms with van der Waals surface area (Å²) in [5, 5.41) is 5.43. The number of ether oxygens (including phenoxy) is 1. The molecule has 18 heavy (non-hydrogen) atoms. The van der Waals surface area contributed by atoms with Crippen molar-refractivity contribution in [1.82, 2.24) is 9.88 Å². The Morgan fingerprint density at radius 2 is 2.44 bits per heavy atom. The summed E-state index contributed by atoms with van der Waals surface area (Å²) >= 11 is 3.54. The Kier molecular flexibility index (Phi) is 3.75. The van der Waals surface area contributed by atoms with Crippen molar-refractivity contribution < 1.29 is 4.74 Å².